The molecule has 0 bridgehead atoms. The highest BCUT2D eigenvalue weighted by atomic mass is 16.5. The van der Waals surface area contributed by atoms with Gasteiger partial charge in [0.05, 0.1) is 12.2 Å². The maximum absolute atomic E-state index is 13.0. The summed E-state index contributed by atoms with van der Waals surface area (Å²) in [7, 11) is 0. The van der Waals surface area contributed by atoms with Gasteiger partial charge in [-0.1, -0.05) is 6.07 Å². The number of hydrogen-bond donors (Lipinski definition) is 1. The van der Waals surface area contributed by atoms with Crippen molar-refractivity contribution in [3.63, 3.8) is 0 Å². The molecule has 1 aliphatic carbocycles. The summed E-state index contributed by atoms with van der Waals surface area (Å²) in [6.07, 6.45) is 3.00. The lowest BCUT2D eigenvalue weighted by molar-refractivity contribution is 0.0955. The van der Waals surface area contributed by atoms with Crippen molar-refractivity contribution in [3.8, 4) is 5.75 Å². The summed E-state index contributed by atoms with van der Waals surface area (Å²) in [6.45, 7) is 4.56. The van der Waals surface area contributed by atoms with Crippen molar-refractivity contribution in [2.45, 2.75) is 39.2 Å². The first-order valence-electron chi connectivity index (χ1n) is 7.79. The number of benzene rings is 1. The van der Waals surface area contributed by atoms with Crippen LogP contribution >= 0.6 is 0 Å². The van der Waals surface area contributed by atoms with Crippen molar-refractivity contribution in [2.75, 3.05) is 11.4 Å². The van der Waals surface area contributed by atoms with Crippen molar-refractivity contribution >= 4 is 11.6 Å². The number of ether oxygens (including phenoxy) is 1. The van der Waals surface area contributed by atoms with Gasteiger partial charge in [-0.25, -0.2) is 0 Å². The van der Waals surface area contributed by atoms with Crippen LogP contribution in [0.2, 0.25) is 0 Å². The summed E-state index contributed by atoms with van der Waals surface area (Å²) in [4.78, 5) is 14.8. The SMILES string of the molecule is Cc1ccc2c(c1)OC(C)CN2C(=O)c1n[nH]c2c1CCC2. The lowest BCUT2D eigenvalue weighted by Crippen LogP contribution is -2.42. The van der Waals surface area contributed by atoms with Gasteiger partial charge in [0, 0.05) is 11.3 Å². The number of anilines is 1. The summed E-state index contributed by atoms with van der Waals surface area (Å²) in [5.41, 5.74) is 4.75. The minimum atomic E-state index is -0.0281. The summed E-state index contributed by atoms with van der Waals surface area (Å²) < 4.78 is 5.88. The molecule has 1 amide bonds. The van der Waals surface area contributed by atoms with Crippen molar-refractivity contribution in [1.82, 2.24) is 10.2 Å². The Morgan fingerprint density at radius 1 is 1.41 bits per heavy atom. The first kappa shape index (κ1) is 13.4. The van der Waals surface area contributed by atoms with Gasteiger partial charge in [-0.05, 0) is 50.8 Å². The number of fused-ring (bicyclic) bond motifs is 2. The molecule has 0 saturated heterocycles. The third-order valence-electron chi connectivity index (χ3n) is 4.43. The zero-order valence-corrected chi connectivity index (χ0v) is 12.8. The number of amides is 1. The molecule has 4 rings (SSSR count). The van der Waals surface area contributed by atoms with Gasteiger partial charge in [0.1, 0.15) is 11.9 Å². The first-order valence-corrected chi connectivity index (χ1v) is 7.79. The predicted molar refractivity (Wildman–Crippen MR) is 83.6 cm³/mol. The number of rotatable bonds is 1. The van der Waals surface area contributed by atoms with Crippen LogP contribution in [0.5, 0.6) is 5.75 Å². The Balaban J connectivity index is 1.75. The molecule has 0 fully saturated rings. The van der Waals surface area contributed by atoms with Crippen molar-refractivity contribution < 1.29 is 9.53 Å². The molecular formula is C17H19N3O2. The van der Waals surface area contributed by atoms with Crippen molar-refractivity contribution in [2.24, 2.45) is 0 Å². The van der Waals surface area contributed by atoms with E-state index < -0.39 is 0 Å². The van der Waals surface area contributed by atoms with Crippen LogP contribution < -0.4 is 9.64 Å². The molecule has 1 aromatic heterocycles. The molecule has 0 saturated carbocycles. The first-order chi connectivity index (χ1) is 10.6. The van der Waals surface area contributed by atoms with Crippen molar-refractivity contribution in [3.05, 3.63) is 40.7 Å². The van der Waals surface area contributed by atoms with E-state index in [4.69, 9.17) is 4.74 Å². The molecule has 2 aliphatic rings. The van der Waals surface area contributed by atoms with E-state index in [1.807, 2.05) is 32.0 Å². The van der Waals surface area contributed by atoms with Gasteiger partial charge in [-0.3, -0.25) is 14.8 Å². The Bertz CT molecular complexity index is 750. The Hall–Kier alpha value is -2.30. The fourth-order valence-corrected chi connectivity index (χ4v) is 3.36. The monoisotopic (exact) mass is 297 g/mol. The van der Waals surface area contributed by atoms with E-state index >= 15 is 0 Å². The molecule has 1 unspecified atom stereocenters. The maximum atomic E-state index is 13.0. The third kappa shape index (κ3) is 2.00. The molecule has 1 N–H and O–H groups in total. The lowest BCUT2D eigenvalue weighted by Gasteiger charge is -2.33. The van der Waals surface area contributed by atoms with E-state index in [0.29, 0.717) is 12.2 Å². The van der Waals surface area contributed by atoms with Crippen LogP contribution in [0.1, 0.15) is 40.7 Å². The molecule has 1 atom stereocenters. The number of H-pyrrole nitrogens is 1. The van der Waals surface area contributed by atoms with Crippen LogP contribution in [0.15, 0.2) is 18.2 Å². The minimum Gasteiger partial charge on any atom is -0.487 e. The van der Waals surface area contributed by atoms with Crippen LogP contribution in [-0.2, 0) is 12.8 Å². The molecule has 22 heavy (non-hydrogen) atoms. The summed E-state index contributed by atoms with van der Waals surface area (Å²) in [5, 5.41) is 7.29. The largest absolute Gasteiger partial charge is 0.487 e. The molecule has 1 aliphatic heterocycles. The van der Waals surface area contributed by atoms with Gasteiger partial charge < -0.3 is 4.74 Å². The fourth-order valence-electron chi connectivity index (χ4n) is 3.36. The molecule has 1 aromatic carbocycles. The van der Waals surface area contributed by atoms with Gasteiger partial charge >= 0.3 is 0 Å². The van der Waals surface area contributed by atoms with Crippen molar-refractivity contribution in [1.29, 1.82) is 0 Å². The number of nitrogens with zero attached hydrogens (tertiary/aromatic N) is 2. The predicted octanol–water partition coefficient (Wildman–Crippen LogP) is 2.63. The normalized spacial score (nSPS) is 19.5. The van der Waals surface area contributed by atoms with Crippen LogP contribution in [0.3, 0.4) is 0 Å². The highest BCUT2D eigenvalue weighted by molar-refractivity contribution is 6.07. The van der Waals surface area contributed by atoms with Gasteiger partial charge in [-0.15, -0.1) is 0 Å². The molecule has 0 radical (unpaired) electrons. The molecule has 2 heterocycles. The number of carbonyl (C=O) groups is 1. The topological polar surface area (TPSA) is 58.2 Å². The van der Waals surface area contributed by atoms with Crippen LogP contribution in [-0.4, -0.2) is 28.8 Å². The zero-order chi connectivity index (χ0) is 15.3. The van der Waals surface area contributed by atoms with Gasteiger partial charge in [-0.2, -0.15) is 5.10 Å². The van der Waals surface area contributed by atoms with E-state index in [9.17, 15) is 4.79 Å². The van der Waals surface area contributed by atoms with E-state index in [0.717, 1.165) is 47.5 Å². The maximum Gasteiger partial charge on any atom is 0.279 e. The van der Waals surface area contributed by atoms with Crippen LogP contribution in [0, 0.1) is 6.92 Å². The van der Waals surface area contributed by atoms with Gasteiger partial charge in [0.25, 0.3) is 5.91 Å². The molecular weight excluding hydrogens is 278 g/mol. The van der Waals surface area contributed by atoms with Crippen LogP contribution in [0.25, 0.3) is 0 Å². The van der Waals surface area contributed by atoms with E-state index in [1.165, 1.54) is 0 Å². The number of carbonyl (C=O) groups excluding carboxylic acids is 1. The summed E-state index contributed by atoms with van der Waals surface area (Å²) >= 11 is 0. The van der Waals surface area contributed by atoms with Crippen LogP contribution in [0.4, 0.5) is 5.69 Å². The second-order valence-electron chi connectivity index (χ2n) is 6.20. The second-order valence-corrected chi connectivity index (χ2v) is 6.20. The average molecular weight is 297 g/mol. The molecule has 2 aromatic rings. The molecule has 0 spiro atoms. The number of aryl methyl sites for hydroxylation is 2. The Morgan fingerprint density at radius 3 is 3.14 bits per heavy atom. The fraction of sp³-hybridized carbons (Fsp3) is 0.412. The molecule has 5 heteroatoms. The minimum absolute atomic E-state index is 0.0229. The zero-order valence-electron chi connectivity index (χ0n) is 12.8. The van der Waals surface area contributed by atoms with E-state index in [-0.39, 0.29) is 12.0 Å². The van der Waals surface area contributed by atoms with E-state index in [1.54, 1.807) is 4.90 Å². The number of nitrogens with one attached hydrogen (secondary N) is 1. The highest BCUT2D eigenvalue weighted by Crippen LogP contribution is 2.35. The van der Waals surface area contributed by atoms with E-state index in [2.05, 4.69) is 10.2 Å². The lowest BCUT2D eigenvalue weighted by atomic mass is 10.1. The average Bonchev–Trinajstić information content (AvgIpc) is 3.07. The van der Waals surface area contributed by atoms with Gasteiger partial charge in [0.15, 0.2) is 5.69 Å². The third-order valence-corrected chi connectivity index (χ3v) is 4.43. The highest BCUT2D eigenvalue weighted by Gasteiger charge is 2.32. The molecule has 5 nitrogen and oxygen atoms in total. The number of hydrogen-bond acceptors (Lipinski definition) is 3. The summed E-state index contributed by atoms with van der Waals surface area (Å²) in [5.74, 6) is 0.749. The second kappa shape index (κ2) is 4.87. The Kier molecular flexibility index (Phi) is 2.96. The number of aromatic nitrogens is 2. The summed E-state index contributed by atoms with van der Waals surface area (Å²) in [6, 6.07) is 5.95. The standard InChI is InChI=1S/C17H19N3O2/c1-10-6-7-14-15(8-10)22-11(2)9-20(14)17(21)16-12-4-3-5-13(12)18-19-16/h6-8,11H,3-5,9H2,1-2H3,(H,18,19). The quantitative estimate of drug-likeness (QED) is 0.880. The smallest absolute Gasteiger partial charge is 0.279 e. The van der Waals surface area contributed by atoms with Gasteiger partial charge in [0.2, 0.25) is 0 Å². The Labute approximate surface area is 129 Å². The molecule has 114 valence electrons. The Morgan fingerprint density at radius 2 is 2.27 bits per heavy atom. The number of aromatic amines is 1.